The summed E-state index contributed by atoms with van der Waals surface area (Å²) >= 11 is 8.60. The lowest BCUT2D eigenvalue weighted by molar-refractivity contribution is 0.509. The molecule has 0 fully saturated rings. The lowest BCUT2D eigenvalue weighted by atomic mass is 10.1. The lowest BCUT2D eigenvalue weighted by Crippen LogP contribution is -2.03. The quantitative estimate of drug-likeness (QED) is 0.778. The third kappa shape index (κ3) is 3.30. The number of rotatable bonds is 3. The van der Waals surface area contributed by atoms with Gasteiger partial charge in [-0.15, -0.1) is 0 Å². The van der Waals surface area contributed by atoms with Crippen LogP contribution in [0.3, 0.4) is 0 Å². The molecule has 0 aliphatic heterocycles. The van der Waals surface area contributed by atoms with Crippen LogP contribution in [0.5, 0.6) is 0 Å². The molecule has 0 saturated carbocycles. The van der Waals surface area contributed by atoms with Crippen LogP contribution in [-0.2, 0) is 6.42 Å². The van der Waals surface area contributed by atoms with Crippen LogP contribution in [-0.4, -0.2) is 9.97 Å². The van der Waals surface area contributed by atoms with Gasteiger partial charge in [0.25, 0.3) is 0 Å². The monoisotopic (exact) mass is 358 g/mol. The number of halogens is 3. The number of H-pyrrole nitrogens is 1. The molecule has 0 aliphatic carbocycles. The van der Waals surface area contributed by atoms with Crippen molar-refractivity contribution in [1.29, 1.82) is 0 Å². The smallest absolute Gasteiger partial charge is 0.159 e. The van der Waals surface area contributed by atoms with Crippen LogP contribution in [0.2, 0.25) is 0 Å². The number of hydrogen-bond donors (Lipinski definition) is 1. The highest BCUT2D eigenvalue weighted by Gasteiger charge is 2.11. The van der Waals surface area contributed by atoms with Crippen LogP contribution in [0.4, 0.5) is 8.78 Å². The molecule has 1 N–H and O–H groups in total. The van der Waals surface area contributed by atoms with Crippen LogP contribution in [0, 0.1) is 22.2 Å². The van der Waals surface area contributed by atoms with E-state index in [1.165, 1.54) is 6.07 Å². The van der Waals surface area contributed by atoms with Crippen molar-refractivity contribution >= 4 is 28.1 Å². The highest BCUT2D eigenvalue weighted by molar-refractivity contribution is 9.10. The Morgan fingerprint density at radius 1 is 1.30 bits per heavy atom. The Hall–Kier alpha value is -1.14. The van der Waals surface area contributed by atoms with Gasteiger partial charge in [-0.25, -0.2) is 13.8 Å². The van der Waals surface area contributed by atoms with Gasteiger partial charge in [0.15, 0.2) is 11.6 Å². The minimum Gasteiger partial charge on any atom is -0.342 e. The minimum absolute atomic E-state index is 0.402. The van der Waals surface area contributed by atoms with Crippen LogP contribution in [0.25, 0.3) is 11.4 Å². The molecular formula is C14H13BrF2N2S. The van der Waals surface area contributed by atoms with Gasteiger partial charge in [-0.3, -0.25) is 0 Å². The van der Waals surface area contributed by atoms with Crippen molar-refractivity contribution in [2.45, 2.75) is 20.3 Å². The molecule has 2 nitrogen and oxygen atoms in total. The summed E-state index contributed by atoms with van der Waals surface area (Å²) in [5, 5.41) is 0. The van der Waals surface area contributed by atoms with Gasteiger partial charge < -0.3 is 4.98 Å². The normalized spacial score (nSPS) is 11.1. The predicted octanol–water partition coefficient (Wildman–Crippen LogP) is 5.05. The number of nitrogens with one attached hydrogen (secondary N) is 1. The first-order chi connectivity index (χ1) is 9.38. The molecule has 0 radical (unpaired) electrons. The summed E-state index contributed by atoms with van der Waals surface area (Å²) in [6.07, 6.45) is 0.781. The van der Waals surface area contributed by atoms with Gasteiger partial charge in [0.2, 0.25) is 0 Å². The minimum atomic E-state index is -0.906. The standard InChI is InChI=1S/C14H13BrF2N2S/c1-7(2)5-11-12(15)14(20)19-13(18-11)8-3-4-9(16)10(17)6-8/h3-4,6-7H,5H2,1-2H3,(H,18,19,20). The Balaban J connectivity index is 2.54. The molecule has 1 heterocycles. The highest BCUT2D eigenvalue weighted by atomic mass is 79.9. The Labute approximate surface area is 129 Å². The third-order valence-electron chi connectivity index (χ3n) is 2.74. The Morgan fingerprint density at radius 2 is 2.00 bits per heavy atom. The van der Waals surface area contributed by atoms with Crippen molar-refractivity contribution in [3.8, 4) is 11.4 Å². The zero-order chi connectivity index (χ0) is 14.9. The Bertz CT molecular complexity index is 698. The fourth-order valence-electron chi connectivity index (χ4n) is 1.83. The molecule has 106 valence electrons. The second-order valence-electron chi connectivity index (χ2n) is 4.91. The highest BCUT2D eigenvalue weighted by Crippen LogP contribution is 2.24. The van der Waals surface area contributed by atoms with Gasteiger partial charge in [-0.1, -0.05) is 26.1 Å². The molecule has 0 atom stereocenters. The van der Waals surface area contributed by atoms with Gasteiger partial charge in [-0.05, 0) is 46.5 Å². The van der Waals surface area contributed by atoms with E-state index < -0.39 is 11.6 Å². The summed E-state index contributed by atoms with van der Waals surface area (Å²) < 4.78 is 27.4. The third-order valence-corrected chi connectivity index (χ3v) is 4.15. The van der Waals surface area contributed by atoms with Crippen LogP contribution < -0.4 is 0 Å². The fraction of sp³-hybridized carbons (Fsp3) is 0.286. The van der Waals surface area contributed by atoms with E-state index in [1.807, 2.05) is 0 Å². The van der Waals surface area contributed by atoms with Crippen molar-refractivity contribution < 1.29 is 8.78 Å². The molecule has 2 aromatic rings. The molecule has 6 heteroatoms. The van der Waals surface area contributed by atoms with Gasteiger partial charge in [-0.2, -0.15) is 0 Å². The predicted molar refractivity (Wildman–Crippen MR) is 81.0 cm³/mol. The maximum atomic E-state index is 13.3. The molecule has 0 saturated heterocycles. The topological polar surface area (TPSA) is 28.7 Å². The largest absolute Gasteiger partial charge is 0.342 e. The molecule has 0 aliphatic rings. The number of benzene rings is 1. The van der Waals surface area contributed by atoms with E-state index in [4.69, 9.17) is 12.2 Å². The van der Waals surface area contributed by atoms with Crippen molar-refractivity contribution in [2.75, 3.05) is 0 Å². The molecule has 0 spiro atoms. The second kappa shape index (κ2) is 6.10. The van der Waals surface area contributed by atoms with E-state index in [0.29, 0.717) is 21.9 Å². The summed E-state index contributed by atoms with van der Waals surface area (Å²) in [6, 6.07) is 3.66. The van der Waals surface area contributed by atoms with E-state index >= 15 is 0 Å². The molecule has 1 aromatic carbocycles. The van der Waals surface area contributed by atoms with E-state index in [2.05, 4.69) is 39.7 Å². The number of hydrogen-bond acceptors (Lipinski definition) is 2. The first kappa shape index (κ1) is 15.3. The summed E-state index contributed by atoms with van der Waals surface area (Å²) in [5.41, 5.74) is 1.37. The Kier molecular flexibility index (Phi) is 4.65. The van der Waals surface area contributed by atoms with Gasteiger partial charge >= 0.3 is 0 Å². The first-order valence-corrected chi connectivity index (χ1v) is 7.32. The molecule has 0 amide bonds. The SMILES string of the molecule is CC(C)Cc1[nH]c(-c2ccc(F)c(F)c2)nc(=S)c1Br. The average Bonchev–Trinajstić information content (AvgIpc) is 2.37. The second-order valence-corrected chi connectivity index (χ2v) is 6.09. The van der Waals surface area contributed by atoms with Gasteiger partial charge in [0.05, 0.1) is 4.47 Å². The maximum Gasteiger partial charge on any atom is 0.159 e. The number of nitrogens with zero attached hydrogens (tertiary/aromatic N) is 1. The molecule has 0 unspecified atom stereocenters. The lowest BCUT2D eigenvalue weighted by Gasteiger charge is -2.10. The molecule has 0 bridgehead atoms. The van der Waals surface area contributed by atoms with E-state index in [9.17, 15) is 8.78 Å². The van der Waals surface area contributed by atoms with E-state index in [0.717, 1.165) is 28.7 Å². The van der Waals surface area contributed by atoms with Crippen molar-refractivity contribution in [3.63, 3.8) is 0 Å². The van der Waals surface area contributed by atoms with E-state index in [-0.39, 0.29) is 0 Å². The van der Waals surface area contributed by atoms with Crippen molar-refractivity contribution in [3.05, 3.63) is 44.6 Å². The first-order valence-electron chi connectivity index (χ1n) is 6.12. The van der Waals surface area contributed by atoms with E-state index in [1.54, 1.807) is 0 Å². The zero-order valence-corrected chi connectivity index (χ0v) is 13.4. The van der Waals surface area contributed by atoms with Gasteiger partial charge in [0.1, 0.15) is 10.5 Å². The summed E-state index contributed by atoms with van der Waals surface area (Å²) in [6.45, 7) is 4.17. The Morgan fingerprint density at radius 3 is 2.60 bits per heavy atom. The van der Waals surface area contributed by atoms with Crippen LogP contribution in [0.15, 0.2) is 22.7 Å². The number of aromatic amines is 1. The fourth-order valence-corrected chi connectivity index (χ4v) is 2.40. The maximum absolute atomic E-state index is 13.3. The van der Waals surface area contributed by atoms with Crippen LogP contribution >= 0.6 is 28.1 Å². The van der Waals surface area contributed by atoms with Gasteiger partial charge in [0, 0.05) is 11.3 Å². The van der Waals surface area contributed by atoms with Crippen molar-refractivity contribution in [2.24, 2.45) is 5.92 Å². The molecule has 1 aromatic heterocycles. The van der Waals surface area contributed by atoms with Crippen molar-refractivity contribution in [1.82, 2.24) is 9.97 Å². The molecule has 2 rings (SSSR count). The average molecular weight is 359 g/mol. The number of aromatic nitrogens is 2. The summed E-state index contributed by atoms with van der Waals surface area (Å²) in [4.78, 5) is 7.34. The summed E-state index contributed by atoms with van der Waals surface area (Å²) in [7, 11) is 0. The molecule has 20 heavy (non-hydrogen) atoms. The summed E-state index contributed by atoms with van der Waals surface area (Å²) in [5.74, 6) is -0.922. The molecular weight excluding hydrogens is 346 g/mol. The zero-order valence-electron chi connectivity index (χ0n) is 11.0. The van der Waals surface area contributed by atoms with Crippen LogP contribution in [0.1, 0.15) is 19.5 Å².